The molecule has 0 spiro atoms. The van der Waals surface area contributed by atoms with E-state index in [0.717, 1.165) is 22.1 Å². The number of likely N-dealkylation sites (N-methyl/N-ethyl adjacent to an activating group) is 1. The number of hydroxylamine groups is 2. The van der Waals surface area contributed by atoms with Crippen molar-refractivity contribution >= 4 is 29.4 Å². The maximum absolute atomic E-state index is 14.8. The van der Waals surface area contributed by atoms with Crippen LogP contribution in [0.3, 0.4) is 0 Å². The van der Waals surface area contributed by atoms with Crippen molar-refractivity contribution in [3.8, 4) is 0 Å². The van der Waals surface area contributed by atoms with Crippen molar-refractivity contribution in [1.29, 1.82) is 0 Å². The van der Waals surface area contributed by atoms with Gasteiger partial charge in [0.15, 0.2) is 11.6 Å². The fourth-order valence-corrected chi connectivity index (χ4v) is 3.07. The Morgan fingerprint density at radius 1 is 1.31 bits per heavy atom. The third kappa shape index (κ3) is 5.90. The number of nitrogens with zero attached hydrogens (tertiary/aromatic N) is 3. The molecule has 0 aromatic heterocycles. The van der Waals surface area contributed by atoms with Crippen molar-refractivity contribution in [2.75, 3.05) is 49.6 Å². The molecule has 0 bridgehead atoms. The third-order valence-electron chi connectivity index (χ3n) is 4.63. The van der Waals surface area contributed by atoms with E-state index in [4.69, 9.17) is 15.3 Å². The summed E-state index contributed by atoms with van der Waals surface area (Å²) in [6, 6.07) is 0.974. The lowest BCUT2D eigenvalue weighted by molar-refractivity contribution is -0.132. The van der Waals surface area contributed by atoms with E-state index in [1.807, 2.05) is 5.32 Å². The molecular weight excluding hydrogens is 442 g/mol. The van der Waals surface area contributed by atoms with Gasteiger partial charge in [-0.15, -0.1) is 0 Å². The molecule has 1 atom stereocenters. The first-order valence-corrected chi connectivity index (χ1v) is 9.48. The van der Waals surface area contributed by atoms with E-state index in [9.17, 15) is 31.9 Å². The van der Waals surface area contributed by atoms with E-state index in [2.05, 4.69) is 0 Å². The summed E-state index contributed by atoms with van der Waals surface area (Å²) in [7, 11) is 1.22. The zero-order chi connectivity index (χ0) is 24.0. The summed E-state index contributed by atoms with van der Waals surface area (Å²) in [4.78, 5) is 41.2. The van der Waals surface area contributed by atoms with Crippen molar-refractivity contribution in [3.63, 3.8) is 0 Å². The van der Waals surface area contributed by atoms with Gasteiger partial charge >= 0.3 is 18.5 Å². The number of halogens is 4. The van der Waals surface area contributed by atoms with E-state index in [1.54, 1.807) is 6.92 Å². The number of hydrogen-bond donors (Lipinski definition) is 2. The molecule has 178 valence electrons. The second-order valence-electron chi connectivity index (χ2n) is 6.62. The Hall–Kier alpha value is -3.29. The van der Waals surface area contributed by atoms with Gasteiger partial charge in [0.2, 0.25) is 0 Å². The molecule has 1 heterocycles. The number of primary amides is 1. The van der Waals surface area contributed by atoms with Crippen molar-refractivity contribution in [1.82, 2.24) is 10.4 Å². The molecule has 0 unspecified atom stereocenters. The van der Waals surface area contributed by atoms with Crippen LogP contribution in [-0.2, 0) is 14.4 Å². The average Bonchev–Trinajstić information content (AvgIpc) is 3.10. The van der Waals surface area contributed by atoms with Gasteiger partial charge in [-0.3, -0.25) is 14.5 Å². The van der Waals surface area contributed by atoms with Gasteiger partial charge in [-0.25, -0.2) is 23.4 Å². The van der Waals surface area contributed by atoms with Gasteiger partial charge < -0.3 is 20.7 Å². The summed E-state index contributed by atoms with van der Waals surface area (Å²) in [6.07, 6.45) is -5.14. The predicted octanol–water partition coefficient (Wildman–Crippen LogP) is 1.44. The van der Waals surface area contributed by atoms with Crippen LogP contribution in [0.25, 0.3) is 0 Å². The largest absolute Gasteiger partial charge is 0.442 e. The quantitative estimate of drug-likeness (QED) is 0.399. The minimum atomic E-state index is -3.22. The molecule has 1 fully saturated rings. The SMILES string of the molecule is CCN(CCN(OC)C(N)=O)c1c(F)cc(N2C[C@H](CNC(=O)C(F)F)OC2=O)cc1F. The number of urea groups is 1. The Labute approximate surface area is 180 Å². The van der Waals surface area contributed by atoms with Crippen LogP contribution >= 0.6 is 0 Å². The van der Waals surface area contributed by atoms with Crippen LogP contribution in [0.2, 0.25) is 0 Å². The molecule has 1 aliphatic heterocycles. The van der Waals surface area contributed by atoms with Crippen LogP contribution in [0.5, 0.6) is 0 Å². The van der Waals surface area contributed by atoms with Crippen molar-refractivity contribution in [2.24, 2.45) is 5.73 Å². The average molecular weight is 465 g/mol. The van der Waals surface area contributed by atoms with Gasteiger partial charge in [-0.05, 0) is 6.92 Å². The second-order valence-corrected chi connectivity index (χ2v) is 6.62. The number of nitrogens with one attached hydrogen (secondary N) is 1. The van der Waals surface area contributed by atoms with Crippen molar-refractivity contribution < 1.29 is 41.5 Å². The summed E-state index contributed by atoms with van der Waals surface area (Å²) in [5.74, 6) is -3.48. The lowest BCUT2D eigenvalue weighted by Crippen LogP contribution is -2.41. The van der Waals surface area contributed by atoms with Crippen LogP contribution in [0.1, 0.15) is 6.92 Å². The summed E-state index contributed by atoms with van der Waals surface area (Å²) in [5.41, 5.74) is 4.59. The second kappa shape index (κ2) is 10.8. The monoisotopic (exact) mass is 465 g/mol. The number of anilines is 2. The minimum Gasteiger partial charge on any atom is -0.442 e. The van der Waals surface area contributed by atoms with Crippen molar-refractivity contribution in [3.05, 3.63) is 23.8 Å². The zero-order valence-electron chi connectivity index (χ0n) is 17.3. The highest BCUT2D eigenvalue weighted by Crippen LogP contribution is 2.31. The van der Waals surface area contributed by atoms with E-state index in [1.165, 1.54) is 12.0 Å². The lowest BCUT2D eigenvalue weighted by atomic mass is 10.2. The van der Waals surface area contributed by atoms with Crippen LogP contribution in [-0.4, -0.2) is 75.5 Å². The smallest absolute Gasteiger partial charge is 0.414 e. The Balaban J connectivity index is 2.13. The Bertz CT molecular complexity index is 836. The van der Waals surface area contributed by atoms with Gasteiger partial charge in [0, 0.05) is 25.2 Å². The first-order valence-electron chi connectivity index (χ1n) is 9.48. The first-order chi connectivity index (χ1) is 15.1. The standard InChI is InChI=1S/C18H23F4N5O5/c1-3-25(4-5-27(31-2)17(23)29)14-12(19)6-10(7-13(14)20)26-9-11(32-18(26)30)8-24-16(28)15(21)22/h6-7,11,15H,3-5,8-9H2,1-2H3,(H2,23,29)(H,24,28)/t11-/m0/s1. The number of rotatable bonds is 10. The lowest BCUT2D eigenvalue weighted by Gasteiger charge is -2.27. The third-order valence-corrected chi connectivity index (χ3v) is 4.63. The van der Waals surface area contributed by atoms with Crippen LogP contribution < -0.4 is 20.9 Å². The predicted molar refractivity (Wildman–Crippen MR) is 104 cm³/mol. The molecule has 1 aromatic rings. The molecule has 0 radical (unpaired) electrons. The number of hydrogen-bond acceptors (Lipinski definition) is 6. The molecule has 32 heavy (non-hydrogen) atoms. The van der Waals surface area contributed by atoms with E-state index < -0.39 is 42.2 Å². The van der Waals surface area contributed by atoms with Gasteiger partial charge in [0.1, 0.15) is 11.8 Å². The highest BCUT2D eigenvalue weighted by atomic mass is 19.3. The normalized spacial score (nSPS) is 15.7. The molecule has 0 saturated carbocycles. The number of amides is 4. The number of cyclic esters (lactones) is 1. The van der Waals surface area contributed by atoms with Crippen LogP contribution in [0, 0.1) is 11.6 Å². The summed E-state index contributed by atoms with van der Waals surface area (Å²) < 4.78 is 59.0. The van der Waals surface area contributed by atoms with Gasteiger partial charge in [-0.2, -0.15) is 8.78 Å². The molecule has 1 aromatic carbocycles. The van der Waals surface area contributed by atoms with E-state index in [-0.39, 0.29) is 44.1 Å². The first kappa shape index (κ1) is 25.0. The van der Waals surface area contributed by atoms with Gasteiger partial charge in [0.05, 0.1) is 32.4 Å². The maximum Gasteiger partial charge on any atom is 0.414 e. The van der Waals surface area contributed by atoms with E-state index in [0.29, 0.717) is 0 Å². The highest BCUT2D eigenvalue weighted by Gasteiger charge is 2.34. The molecule has 4 amide bonds. The van der Waals surface area contributed by atoms with Crippen molar-refractivity contribution in [2.45, 2.75) is 19.5 Å². The fourth-order valence-electron chi connectivity index (χ4n) is 3.07. The summed E-state index contributed by atoms with van der Waals surface area (Å²) in [6.45, 7) is 1.17. The number of alkyl halides is 2. The molecule has 14 heteroatoms. The Morgan fingerprint density at radius 2 is 1.94 bits per heavy atom. The highest BCUT2D eigenvalue weighted by molar-refractivity contribution is 5.90. The molecular formula is C18H23F4N5O5. The molecule has 0 aliphatic carbocycles. The maximum atomic E-state index is 14.8. The molecule has 1 saturated heterocycles. The zero-order valence-corrected chi connectivity index (χ0v) is 17.3. The molecule has 1 aliphatic rings. The number of benzene rings is 1. The molecule has 2 rings (SSSR count). The topological polar surface area (TPSA) is 117 Å². The number of carbonyl (C=O) groups is 3. The number of nitrogens with two attached hydrogens (primary N) is 1. The summed E-state index contributed by atoms with van der Waals surface area (Å²) in [5, 5.41) is 2.73. The minimum absolute atomic E-state index is 0.00185. The number of carbonyl (C=O) groups excluding carboxylic acids is 3. The molecule has 10 nitrogen and oxygen atoms in total. The summed E-state index contributed by atoms with van der Waals surface area (Å²) >= 11 is 0. The fraction of sp³-hybridized carbons (Fsp3) is 0.500. The van der Waals surface area contributed by atoms with E-state index >= 15 is 0 Å². The van der Waals surface area contributed by atoms with Crippen LogP contribution in [0.15, 0.2) is 12.1 Å². The van der Waals surface area contributed by atoms with Gasteiger partial charge in [0.25, 0.3) is 5.91 Å². The van der Waals surface area contributed by atoms with Gasteiger partial charge in [-0.1, -0.05) is 0 Å². The van der Waals surface area contributed by atoms with Crippen LogP contribution in [0.4, 0.5) is 38.5 Å². The Kier molecular flexibility index (Phi) is 8.46. The number of ether oxygens (including phenoxy) is 1. The Morgan fingerprint density at radius 3 is 2.44 bits per heavy atom. The molecule has 3 N–H and O–H groups in total.